The molecule has 0 spiro atoms. The Morgan fingerprint density at radius 3 is 2.89 bits per heavy atom. The van der Waals surface area contributed by atoms with E-state index in [4.69, 9.17) is 4.74 Å². The third-order valence-corrected chi connectivity index (χ3v) is 3.16. The molecule has 4 heteroatoms. The largest absolute Gasteiger partial charge is 0.497 e. The summed E-state index contributed by atoms with van der Waals surface area (Å²) in [5.41, 5.74) is 3.52. The van der Waals surface area contributed by atoms with E-state index < -0.39 is 0 Å². The molecule has 1 aromatic heterocycles. The second kappa shape index (κ2) is 6.27. The zero-order chi connectivity index (χ0) is 13.7. The molecule has 0 aliphatic heterocycles. The first kappa shape index (κ1) is 13.5. The number of ether oxygens (including phenoxy) is 1. The minimum Gasteiger partial charge on any atom is -0.497 e. The first-order chi connectivity index (χ1) is 9.24. The quantitative estimate of drug-likeness (QED) is 0.865. The molecule has 2 aromatic rings. The number of aromatic nitrogens is 2. The summed E-state index contributed by atoms with van der Waals surface area (Å²) in [6, 6.07) is 6.05. The summed E-state index contributed by atoms with van der Waals surface area (Å²) < 4.78 is 7.40. The van der Waals surface area contributed by atoms with Crippen LogP contribution in [0.4, 0.5) is 5.69 Å². The first-order valence-corrected chi connectivity index (χ1v) is 6.62. The molecule has 2 rings (SSSR count). The highest BCUT2D eigenvalue weighted by atomic mass is 16.5. The summed E-state index contributed by atoms with van der Waals surface area (Å²) in [4.78, 5) is 4.21. The van der Waals surface area contributed by atoms with Crippen molar-refractivity contribution in [2.24, 2.45) is 0 Å². The van der Waals surface area contributed by atoms with Crippen LogP contribution in [-0.2, 0) is 13.1 Å². The van der Waals surface area contributed by atoms with Crippen LogP contribution in [0.25, 0.3) is 0 Å². The van der Waals surface area contributed by atoms with Gasteiger partial charge in [0.1, 0.15) is 5.75 Å². The molecule has 0 aliphatic carbocycles. The number of benzene rings is 1. The number of anilines is 1. The number of nitrogens with one attached hydrogen (secondary N) is 1. The van der Waals surface area contributed by atoms with Crippen molar-refractivity contribution >= 4 is 5.69 Å². The maximum Gasteiger partial charge on any atom is 0.119 e. The molecule has 102 valence electrons. The molecule has 1 N–H and O–H groups in total. The highest BCUT2D eigenvalue weighted by Gasteiger charge is 2.03. The normalized spacial score (nSPS) is 10.5. The van der Waals surface area contributed by atoms with Crippen LogP contribution in [0.2, 0.25) is 0 Å². The maximum atomic E-state index is 5.21. The molecule has 0 fully saturated rings. The van der Waals surface area contributed by atoms with Gasteiger partial charge in [-0.2, -0.15) is 0 Å². The van der Waals surface area contributed by atoms with E-state index in [0.29, 0.717) is 0 Å². The van der Waals surface area contributed by atoms with Gasteiger partial charge in [0.05, 0.1) is 25.7 Å². The van der Waals surface area contributed by atoms with Gasteiger partial charge >= 0.3 is 0 Å². The predicted octanol–water partition coefficient (Wildman–Crippen LogP) is 3.22. The number of hydrogen-bond donors (Lipinski definition) is 1. The lowest BCUT2D eigenvalue weighted by Crippen LogP contribution is -2.07. The van der Waals surface area contributed by atoms with E-state index in [1.165, 1.54) is 11.3 Å². The number of aryl methyl sites for hydroxylation is 2. The average Bonchev–Trinajstić information content (AvgIpc) is 2.85. The van der Waals surface area contributed by atoms with Crippen molar-refractivity contribution in [3.8, 4) is 5.75 Å². The molecule has 0 radical (unpaired) electrons. The monoisotopic (exact) mass is 259 g/mol. The van der Waals surface area contributed by atoms with E-state index in [-0.39, 0.29) is 0 Å². The highest BCUT2D eigenvalue weighted by Crippen LogP contribution is 2.21. The molecule has 4 nitrogen and oxygen atoms in total. The number of methoxy groups -OCH3 is 1. The van der Waals surface area contributed by atoms with Gasteiger partial charge in [-0.3, -0.25) is 0 Å². The van der Waals surface area contributed by atoms with E-state index in [1.807, 2.05) is 24.7 Å². The molecule has 1 heterocycles. The third-order valence-electron chi connectivity index (χ3n) is 3.16. The fourth-order valence-electron chi connectivity index (χ4n) is 2.08. The van der Waals surface area contributed by atoms with Crippen LogP contribution in [0, 0.1) is 6.92 Å². The molecule has 1 aromatic carbocycles. The zero-order valence-electron chi connectivity index (χ0n) is 11.8. The molecule has 0 aliphatic rings. The van der Waals surface area contributed by atoms with Crippen molar-refractivity contribution in [3.05, 3.63) is 42.0 Å². The Morgan fingerprint density at radius 1 is 1.37 bits per heavy atom. The lowest BCUT2D eigenvalue weighted by Gasteiger charge is -2.12. The van der Waals surface area contributed by atoms with Crippen molar-refractivity contribution in [2.45, 2.75) is 33.4 Å². The lowest BCUT2D eigenvalue weighted by molar-refractivity contribution is 0.414. The first-order valence-electron chi connectivity index (χ1n) is 6.62. The van der Waals surface area contributed by atoms with Gasteiger partial charge in [-0.15, -0.1) is 0 Å². The minimum absolute atomic E-state index is 0.785. The Balaban J connectivity index is 2.04. The SMILES string of the molecule is CCCn1cncc1CNc1ccc(OC)cc1C. The standard InChI is InChI=1S/C15H21N3O/c1-4-7-18-11-16-9-13(18)10-17-15-6-5-14(19-3)8-12(15)2/h5-6,8-9,11,17H,4,7,10H2,1-3H3. The van der Waals surface area contributed by atoms with E-state index in [9.17, 15) is 0 Å². The van der Waals surface area contributed by atoms with Gasteiger partial charge in [0.15, 0.2) is 0 Å². The maximum absolute atomic E-state index is 5.21. The molecule has 0 atom stereocenters. The van der Waals surface area contributed by atoms with E-state index in [2.05, 4.69) is 34.8 Å². The van der Waals surface area contributed by atoms with Gasteiger partial charge in [0.25, 0.3) is 0 Å². The molecule has 0 unspecified atom stereocenters. The summed E-state index contributed by atoms with van der Waals surface area (Å²) in [5.74, 6) is 0.888. The predicted molar refractivity (Wildman–Crippen MR) is 77.6 cm³/mol. The van der Waals surface area contributed by atoms with Crippen LogP contribution in [0.3, 0.4) is 0 Å². The van der Waals surface area contributed by atoms with Crippen LogP contribution in [0.15, 0.2) is 30.7 Å². The molecule has 0 saturated carbocycles. The molecule has 0 amide bonds. The van der Waals surface area contributed by atoms with Crippen LogP contribution < -0.4 is 10.1 Å². The third kappa shape index (κ3) is 3.28. The smallest absolute Gasteiger partial charge is 0.119 e. The zero-order valence-corrected chi connectivity index (χ0v) is 11.8. The number of imidazole rings is 1. The minimum atomic E-state index is 0.785. The number of nitrogens with zero attached hydrogens (tertiary/aromatic N) is 2. The molecule has 0 bridgehead atoms. The van der Waals surface area contributed by atoms with Crippen molar-refractivity contribution in [2.75, 3.05) is 12.4 Å². The molecular weight excluding hydrogens is 238 g/mol. The van der Waals surface area contributed by atoms with E-state index >= 15 is 0 Å². The van der Waals surface area contributed by atoms with Gasteiger partial charge < -0.3 is 14.6 Å². The molecule has 19 heavy (non-hydrogen) atoms. The van der Waals surface area contributed by atoms with Gasteiger partial charge in [-0.25, -0.2) is 4.98 Å². The fourth-order valence-corrected chi connectivity index (χ4v) is 2.08. The Labute approximate surface area is 114 Å². The number of rotatable bonds is 6. The van der Waals surface area contributed by atoms with Crippen molar-refractivity contribution < 1.29 is 4.74 Å². The Kier molecular flexibility index (Phi) is 4.44. The molecular formula is C15H21N3O. The topological polar surface area (TPSA) is 39.1 Å². The average molecular weight is 259 g/mol. The Bertz CT molecular complexity index is 534. The fraction of sp³-hybridized carbons (Fsp3) is 0.400. The van der Waals surface area contributed by atoms with Gasteiger partial charge in [-0.1, -0.05) is 6.92 Å². The van der Waals surface area contributed by atoms with Crippen LogP contribution in [0.5, 0.6) is 5.75 Å². The summed E-state index contributed by atoms with van der Waals surface area (Å²) in [6.45, 7) is 6.05. The van der Waals surface area contributed by atoms with E-state index in [1.54, 1.807) is 7.11 Å². The number of hydrogen-bond acceptors (Lipinski definition) is 3. The van der Waals surface area contributed by atoms with Gasteiger partial charge in [-0.05, 0) is 37.1 Å². The van der Waals surface area contributed by atoms with Crippen molar-refractivity contribution in [1.82, 2.24) is 9.55 Å². The van der Waals surface area contributed by atoms with Crippen molar-refractivity contribution in [3.63, 3.8) is 0 Å². The van der Waals surface area contributed by atoms with Gasteiger partial charge in [0.2, 0.25) is 0 Å². The second-order valence-electron chi connectivity index (χ2n) is 4.61. The van der Waals surface area contributed by atoms with E-state index in [0.717, 1.165) is 30.9 Å². The van der Waals surface area contributed by atoms with Crippen LogP contribution in [0.1, 0.15) is 24.6 Å². The van der Waals surface area contributed by atoms with Crippen LogP contribution in [-0.4, -0.2) is 16.7 Å². The van der Waals surface area contributed by atoms with Gasteiger partial charge in [0, 0.05) is 18.4 Å². The second-order valence-corrected chi connectivity index (χ2v) is 4.61. The van der Waals surface area contributed by atoms with Crippen molar-refractivity contribution in [1.29, 1.82) is 0 Å². The summed E-state index contributed by atoms with van der Waals surface area (Å²) >= 11 is 0. The molecule has 0 saturated heterocycles. The van der Waals surface area contributed by atoms with Crippen LogP contribution >= 0.6 is 0 Å². The Morgan fingerprint density at radius 2 is 2.21 bits per heavy atom. The summed E-state index contributed by atoms with van der Waals surface area (Å²) in [6.07, 6.45) is 4.92. The highest BCUT2D eigenvalue weighted by molar-refractivity contribution is 5.53. The summed E-state index contributed by atoms with van der Waals surface area (Å²) in [7, 11) is 1.69. The summed E-state index contributed by atoms with van der Waals surface area (Å²) in [5, 5.41) is 3.45. The lowest BCUT2D eigenvalue weighted by atomic mass is 10.2. The Hall–Kier alpha value is -1.97.